The summed E-state index contributed by atoms with van der Waals surface area (Å²) in [5.41, 5.74) is -1.21. The largest absolute Gasteiger partial charge is 0.480 e. The Kier molecular flexibility index (Phi) is 4.52. The predicted molar refractivity (Wildman–Crippen MR) is 62.0 cm³/mol. The van der Waals surface area contributed by atoms with Crippen LogP contribution in [-0.4, -0.2) is 53.7 Å². The summed E-state index contributed by atoms with van der Waals surface area (Å²) in [4.78, 5) is 35.3. The van der Waals surface area contributed by atoms with Crippen molar-refractivity contribution in [1.29, 1.82) is 0 Å². The first-order valence-electron chi connectivity index (χ1n) is 5.77. The van der Waals surface area contributed by atoms with Crippen molar-refractivity contribution in [2.75, 3.05) is 20.2 Å². The molecule has 2 amide bonds. The van der Waals surface area contributed by atoms with Gasteiger partial charge in [0.1, 0.15) is 12.1 Å². The molecular weight excluding hydrogens is 240 g/mol. The number of methoxy groups -OCH3 is 1. The molecule has 1 atom stereocenters. The van der Waals surface area contributed by atoms with E-state index in [4.69, 9.17) is 0 Å². The number of carboxylic acids is 1. The van der Waals surface area contributed by atoms with Crippen LogP contribution in [0.2, 0.25) is 0 Å². The Morgan fingerprint density at radius 3 is 2.61 bits per heavy atom. The van der Waals surface area contributed by atoms with E-state index in [-0.39, 0.29) is 6.54 Å². The number of hydrogen-bond donors (Lipinski definition) is 2. The molecule has 0 saturated carbocycles. The number of rotatable bonds is 3. The Balaban J connectivity index is 2.69. The molecule has 2 N–H and O–H groups in total. The molecule has 0 bridgehead atoms. The van der Waals surface area contributed by atoms with E-state index in [0.717, 1.165) is 12.8 Å². The quantitative estimate of drug-likeness (QED) is 0.705. The number of hydrogen-bond acceptors (Lipinski definition) is 4. The molecule has 1 rings (SSSR count). The first-order valence-corrected chi connectivity index (χ1v) is 5.77. The van der Waals surface area contributed by atoms with Crippen LogP contribution in [0, 0.1) is 0 Å². The number of aliphatic carboxylic acids is 1. The standard InChI is InChI=1S/C11H18N2O5/c1-11(9(15)16)5-3-4-6-13(11)10(17)12-7-8(14)18-2/h3-7H2,1-2H3,(H,12,17)(H,15,16). The third-order valence-corrected chi connectivity index (χ3v) is 3.21. The highest BCUT2D eigenvalue weighted by atomic mass is 16.5. The highest BCUT2D eigenvalue weighted by Crippen LogP contribution is 2.28. The van der Waals surface area contributed by atoms with Crippen LogP contribution in [0.5, 0.6) is 0 Å². The van der Waals surface area contributed by atoms with Crippen molar-refractivity contribution in [3.8, 4) is 0 Å². The van der Waals surface area contributed by atoms with Gasteiger partial charge < -0.3 is 20.1 Å². The summed E-state index contributed by atoms with van der Waals surface area (Å²) >= 11 is 0. The molecule has 0 spiro atoms. The Hall–Kier alpha value is -1.79. The summed E-state index contributed by atoms with van der Waals surface area (Å²) in [6.45, 7) is 1.63. The van der Waals surface area contributed by atoms with Gasteiger partial charge in [0.15, 0.2) is 0 Å². The lowest BCUT2D eigenvalue weighted by molar-refractivity contribution is -0.150. The number of esters is 1. The van der Waals surface area contributed by atoms with Crippen LogP contribution in [-0.2, 0) is 14.3 Å². The van der Waals surface area contributed by atoms with Crippen molar-refractivity contribution in [3.63, 3.8) is 0 Å². The van der Waals surface area contributed by atoms with E-state index in [2.05, 4.69) is 10.1 Å². The molecule has 1 heterocycles. The lowest BCUT2D eigenvalue weighted by atomic mass is 9.89. The number of carbonyl (C=O) groups excluding carboxylic acids is 2. The monoisotopic (exact) mass is 258 g/mol. The Morgan fingerprint density at radius 1 is 1.39 bits per heavy atom. The fraction of sp³-hybridized carbons (Fsp3) is 0.727. The van der Waals surface area contributed by atoms with Crippen LogP contribution < -0.4 is 5.32 Å². The molecule has 7 nitrogen and oxygen atoms in total. The van der Waals surface area contributed by atoms with E-state index in [1.165, 1.54) is 18.9 Å². The molecule has 0 aromatic carbocycles. The number of carbonyl (C=O) groups is 3. The molecule has 1 aliphatic rings. The van der Waals surface area contributed by atoms with Crippen molar-refractivity contribution in [3.05, 3.63) is 0 Å². The van der Waals surface area contributed by atoms with Gasteiger partial charge >= 0.3 is 18.0 Å². The molecule has 0 radical (unpaired) electrons. The molecule has 1 saturated heterocycles. The molecule has 1 fully saturated rings. The van der Waals surface area contributed by atoms with Crippen LogP contribution in [0.1, 0.15) is 26.2 Å². The SMILES string of the molecule is COC(=O)CNC(=O)N1CCCCC1(C)C(=O)O. The van der Waals surface area contributed by atoms with E-state index in [1.807, 2.05) is 0 Å². The molecule has 18 heavy (non-hydrogen) atoms. The molecule has 102 valence electrons. The second kappa shape index (κ2) is 5.70. The van der Waals surface area contributed by atoms with Crippen molar-refractivity contribution in [2.24, 2.45) is 0 Å². The van der Waals surface area contributed by atoms with Crippen LogP contribution in [0.15, 0.2) is 0 Å². The van der Waals surface area contributed by atoms with Gasteiger partial charge in [-0.05, 0) is 26.2 Å². The number of ether oxygens (including phenoxy) is 1. The van der Waals surface area contributed by atoms with Gasteiger partial charge in [-0.15, -0.1) is 0 Å². The third-order valence-electron chi connectivity index (χ3n) is 3.21. The van der Waals surface area contributed by atoms with Crippen molar-refractivity contribution in [1.82, 2.24) is 10.2 Å². The Morgan fingerprint density at radius 2 is 2.06 bits per heavy atom. The lowest BCUT2D eigenvalue weighted by Crippen LogP contribution is -2.60. The molecule has 0 aromatic heterocycles. The van der Waals surface area contributed by atoms with Crippen molar-refractivity contribution in [2.45, 2.75) is 31.7 Å². The first kappa shape index (κ1) is 14.3. The molecule has 0 aromatic rings. The topological polar surface area (TPSA) is 95.9 Å². The minimum Gasteiger partial charge on any atom is -0.480 e. The zero-order valence-corrected chi connectivity index (χ0v) is 10.6. The zero-order valence-electron chi connectivity index (χ0n) is 10.6. The van der Waals surface area contributed by atoms with Crippen LogP contribution in [0.3, 0.4) is 0 Å². The third kappa shape index (κ3) is 2.91. The van der Waals surface area contributed by atoms with Crippen LogP contribution in [0.25, 0.3) is 0 Å². The van der Waals surface area contributed by atoms with Crippen LogP contribution >= 0.6 is 0 Å². The second-order valence-electron chi connectivity index (χ2n) is 4.42. The summed E-state index contributed by atoms with van der Waals surface area (Å²) < 4.78 is 4.40. The first-order chi connectivity index (χ1) is 8.41. The fourth-order valence-corrected chi connectivity index (χ4v) is 1.98. The number of nitrogens with one attached hydrogen (secondary N) is 1. The summed E-state index contributed by atoms with van der Waals surface area (Å²) in [7, 11) is 1.22. The zero-order chi connectivity index (χ0) is 13.8. The van der Waals surface area contributed by atoms with Gasteiger partial charge in [-0.3, -0.25) is 4.79 Å². The number of piperidine rings is 1. The normalized spacial score (nSPS) is 23.3. The van der Waals surface area contributed by atoms with Crippen LogP contribution in [0.4, 0.5) is 4.79 Å². The molecule has 0 aliphatic carbocycles. The lowest BCUT2D eigenvalue weighted by Gasteiger charge is -2.41. The summed E-state index contributed by atoms with van der Waals surface area (Å²) in [6, 6.07) is -0.551. The summed E-state index contributed by atoms with van der Waals surface area (Å²) in [5.74, 6) is -1.60. The van der Waals surface area contributed by atoms with E-state index in [1.54, 1.807) is 0 Å². The number of nitrogens with zero attached hydrogens (tertiary/aromatic N) is 1. The molecule has 1 unspecified atom stereocenters. The van der Waals surface area contributed by atoms with Crippen molar-refractivity contribution >= 4 is 18.0 Å². The Bertz CT molecular complexity index is 357. The van der Waals surface area contributed by atoms with Gasteiger partial charge in [-0.25, -0.2) is 9.59 Å². The smallest absolute Gasteiger partial charge is 0.329 e. The summed E-state index contributed by atoms with van der Waals surface area (Å²) in [6.07, 6.45) is 1.94. The van der Waals surface area contributed by atoms with E-state index >= 15 is 0 Å². The number of likely N-dealkylation sites (tertiary alicyclic amines) is 1. The second-order valence-corrected chi connectivity index (χ2v) is 4.42. The van der Waals surface area contributed by atoms with Gasteiger partial charge in [0, 0.05) is 6.54 Å². The fourth-order valence-electron chi connectivity index (χ4n) is 1.98. The molecule has 7 heteroatoms. The number of urea groups is 1. The van der Waals surface area contributed by atoms with Crippen molar-refractivity contribution < 1.29 is 24.2 Å². The van der Waals surface area contributed by atoms with Gasteiger partial charge in [0.05, 0.1) is 7.11 Å². The Labute approximate surface area is 105 Å². The van der Waals surface area contributed by atoms with E-state index < -0.39 is 23.5 Å². The minimum absolute atomic E-state index is 0.262. The average Bonchev–Trinajstić information content (AvgIpc) is 2.35. The van der Waals surface area contributed by atoms with Gasteiger partial charge in [-0.2, -0.15) is 0 Å². The minimum atomic E-state index is -1.21. The maximum Gasteiger partial charge on any atom is 0.329 e. The van der Waals surface area contributed by atoms with Gasteiger partial charge in [0.2, 0.25) is 0 Å². The van der Waals surface area contributed by atoms with E-state index in [9.17, 15) is 19.5 Å². The highest BCUT2D eigenvalue weighted by molar-refractivity contribution is 5.87. The molecular formula is C11H18N2O5. The number of carboxylic acid groups (broad SMARTS) is 1. The molecule has 1 aliphatic heterocycles. The summed E-state index contributed by atoms with van der Waals surface area (Å²) in [5, 5.41) is 11.6. The van der Waals surface area contributed by atoms with E-state index in [0.29, 0.717) is 13.0 Å². The highest BCUT2D eigenvalue weighted by Gasteiger charge is 2.43. The number of amides is 2. The van der Waals surface area contributed by atoms with Gasteiger partial charge in [0.25, 0.3) is 0 Å². The van der Waals surface area contributed by atoms with Gasteiger partial charge in [-0.1, -0.05) is 0 Å². The maximum absolute atomic E-state index is 11.9. The average molecular weight is 258 g/mol. The predicted octanol–water partition coefficient (Wildman–Crippen LogP) is 0.198. The maximum atomic E-state index is 11.9.